The van der Waals surface area contributed by atoms with Gasteiger partial charge in [-0.05, 0) is 23.8 Å². The van der Waals surface area contributed by atoms with Gasteiger partial charge >= 0.3 is 6.09 Å². The van der Waals surface area contributed by atoms with Crippen molar-refractivity contribution in [1.29, 1.82) is 0 Å². The Bertz CT molecular complexity index is 1070. The fourth-order valence-electron chi connectivity index (χ4n) is 3.80. The lowest BCUT2D eigenvalue weighted by molar-refractivity contribution is 0.107. The first-order valence-electron chi connectivity index (χ1n) is 8.92. The summed E-state index contributed by atoms with van der Waals surface area (Å²) in [5.74, 6) is 0. The Morgan fingerprint density at radius 2 is 1.44 bits per heavy atom. The van der Waals surface area contributed by atoms with Crippen molar-refractivity contribution in [3.8, 4) is 11.1 Å². The van der Waals surface area contributed by atoms with Crippen LogP contribution in [0.25, 0.3) is 17.2 Å². The molecule has 2 aliphatic rings. The highest BCUT2D eigenvalue weighted by Gasteiger charge is 2.33. The fourth-order valence-corrected chi connectivity index (χ4v) is 3.80. The number of anilines is 2. The quantitative estimate of drug-likeness (QED) is 0.540. The number of nitrogens with zero attached hydrogens (tertiary/aromatic N) is 2. The standard InChI is InChI=1S/C23H18N2O2/c1-24-20-12-6-4-10-18(20)19-11-5-7-13-21(19)25-15-14-16-8-2-3-9-17(16)22(25)27-23(24)26/h2-15,22H,1H3/t22-/m0/s1. The highest BCUT2D eigenvalue weighted by Crippen LogP contribution is 2.44. The third-order valence-electron chi connectivity index (χ3n) is 5.15. The van der Waals surface area contributed by atoms with Gasteiger partial charge in [-0.25, -0.2) is 4.79 Å². The van der Waals surface area contributed by atoms with Crippen LogP contribution in [0.5, 0.6) is 0 Å². The molecule has 2 aliphatic heterocycles. The Morgan fingerprint density at radius 3 is 2.26 bits per heavy atom. The first-order valence-corrected chi connectivity index (χ1v) is 8.92. The van der Waals surface area contributed by atoms with Gasteiger partial charge in [-0.3, -0.25) is 4.90 Å². The predicted molar refractivity (Wildman–Crippen MR) is 107 cm³/mol. The molecule has 0 fully saturated rings. The minimum atomic E-state index is -0.517. The molecule has 27 heavy (non-hydrogen) atoms. The number of hydrogen-bond donors (Lipinski definition) is 0. The summed E-state index contributed by atoms with van der Waals surface area (Å²) in [7, 11) is 1.75. The van der Waals surface area contributed by atoms with Crippen LogP contribution < -0.4 is 9.80 Å². The Morgan fingerprint density at radius 1 is 0.815 bits per heavy atom. The monoisotopic (exact) mass is 354 g/mol. The van der Waals surface area contributed by atoms with Crippen molar-refractivity contribution >= 4 is 23.5 Å². The van der Waals surface area contributed by atoms with E-state index in [1.165, 1.54) is 0 Å². The smallest absolute Gasteiger partial charge is 0.416 e. The largest absolute Gasteiger partial charge is 0.420 e. The third kappa shape index (κ3) is 2.41. The van der Waals surface area contributed by atoms with Gasteiger partial charge in [-0.1, -0.05) is 60.7 Å². The lowest BCUT2D eigenvalue weighted by Crippen LogP contribution is -2.34. The lowest BCUT2D eigenvalue weighted by atomic mass is 9.98. The van der Waals surface area contributed by atoms with E-state index in [0.717, 1.165) is 33.6 Å². The Hall–Kier alpha value is -3.53. The molecular formula is C23H18N2O2. The maximum Gasteiger partial charge on any atom is 0.416 e. The Balaban J connectivity index is 1.79. The minimum absolute atomic E-state index is 0.379. The number of para-hydroxylation sites is 2. The van der Waals surface area contributed by atoms with Crippen LogP contribution >= 0.6 is 0 Å². The molecule has 0 unspecified atom stereocenters. The summed E-state index contributed by atoms with van der Waals surface area (Å²) in [6, 6.07) is 24.1. The van der Waals surface area contributed by atoms with Gasteiger partial charge in [-0.2, -0.15) is 0 Å². The zero-order chi connectivity index (χ0) is 18.4. The van der Waals surface area contributed by atoms with Crippen molar-refractivity contribution < 1.29 is 9.53 Å². The van der Waals surface area contributed by atoms with E-state index < -0.39 is 6.23 Å². The molecule has 0 bridgehead atoms. The summed E-state index contributed by atoms with van der Waals surface area (Å²) in [6.45, 7) is 0. The number of fused-ring (bicyclic) bond motifs is 7. The van der Waals surface area contributed by atoms with Gasteiger partial charge in [0.25, 0.3) is 0 Å². The second-order valence-electron chi connectivity index (χ2n) is 6.68. The van der Waals surface area contributed by atoms with Crippen molar-refractivity contribution in [3.63, 3.8) is 0 Å². The van der Waals surface area contributed by atoms with Crippen LogP contribution in [-0.2, 0) is 4.74 Å². The average Bonchev–Trinajstić information content (AvgIpc) is 2.76. The third-order valence-corrected chi connectivity index (χ3v) is 5.15. The Labute approximate surface area is 157 Å². The van der Waals surface area contributed by atoms with E-state index in [9.17, 15) is 4.79 Å². The normalized spacial score (nSPS) is 17.5. The molecule has 0 aromatic heterocycles. The van der Waals surface area contributed by atoms with Crippen molar-refractivity contribution in [2.45, 2.75) is 6.23 Å². The molecule has 3 aromatic rings. The SMILES string of the molecule is CN1C(=O)O[C@H]2c3ccccc3C=CN2c2ccccc2-c2ccccc21. The van der Waals surface area contributed by atoms with Crippen molar-refractivity contribution in [1.82, 2.24) is 0 Å². The summed E-state index contributed by atoms with van der Waals surface area (Å²) >= 11 is 0. The molecule has 4 nitrogen and oxygen atoms in total. The molecule has 132 valence electrons. The summed E-state index contributed by atoms with van der Waals surface area (Å²) in [5.41, 5.74) is 5.93. The molecule has 5 rings (SSSR count). The summed E-state index contributed by atoms with van der Waals surface area (Å²) in [5, 5.41) is 0. The topological polar surface area (TPSA) is 32.8 Å². The van der Waals surface area contributed by atoms with Gasteiger partial charge in [-0.15, -0.1) is 0 Å². The van der Waals surface area contributed by atoms with E-state index in [1.54, 1.807) is 11.9 Å². The van der Waals surface area contributed by atoms with Gasteiger partial charge in [0.05, 0.1) is 11.4 Å². The average molecular weight is 354 g/mol. The first-order chi connectivity index (χ1) is 13.2. The molecule has 1 amide bonds. The van der Waals surface area contributed by atoms with E-state index >= 15 is 0 Å². The van der Waals surface area contributed by atoms with E-state index in [4.69, 9.17) is 4.74 Å². The van der Waals surface area contributed by atoms with Crippen molar-refractivity contribution in [2.75, 3.05) is 16.8 Å². The number of rotatable bonds is 0. The Kier molecular flexibility index (Phi) is 3.50. The highest BCUT2D eigenvalue weighted by molar-refractivity contribution is 5.97. The number of carbonyl (C=O) groups is 1. The molecule has 0 saturated carbocycles. The van der Waals surface area contributed by atoms with Crippen molar-refractivity contribution in [2.24, 2.45) is 0 Å². The number of hydrogen-bond acceptors (Lipinski definition) is 3. The second-order valence-corrected chi connectivity index (χ2v) is 6.68. The van der Waals surface area contributed by atoms with Crippen LogP contribution in [0.15, 0.2) is 79.0 Å². The summed E-state index contributed by atoms with van der Waals surface area (Å²) < 4.78 is 5.99. The van der Waals surface area contributed by atoms with Gasteiger partial charge in [0.15, 0.2) is 0 Å². The molecule has 0 N–H and O–H groups in total. The molecule has 2 heterocycles. The van der Waals surface area contributed by atoms with Crippen molar-refractivity contribution in [3.05, 3.63) is 90.1 Å². The molecule has 0 radical (unpaired) electrons. The molecule has 4 heteroatoms. The van der Waals surface area contributed by atoms with Crippen LogP contribution in [0.4, 0.5) is 16.2 Å². The molecular weight excluding hydrogens is 336 g/mol. The lowest BCUT2D eigenvalue weighted by Gasteiger charge is -2.34. The molecule has 0 spiro atoms. The van der Waals surface area contributed by atoms with Crippen LogP contribution in [0.1, 0.15) is 17.4 Å². The van der Waals surface area contributed by atoms with Gasteiger partial charge in [0, 0.05) is 29.9 Å². The predicted octanol–water partition coefficient (Wildman–Crippen LogP) is 5.43. The molecule has 0 aliphatic carbocycles. The van der Waals surface area contributed by atoms with E-state index in [0.29, 0.717) is 0 Å². The van der Waals surface area contributed by atoms with E-state index in [1.807, 2.05) is 71.8 Å². The maximum atomic E-state index is 13.0. The number of carbonyl (C=O) groups excluding carboxylic acids is 1. The molecule has 3 aromatic carbocycles. The number of ether oxygens (including phenoxy) is 1. The molecule has 1 atom stereocenters. The van der Waals surface area contributed by atoms with Gasteiger partial charge in [0.2, 0.25) is 6.23 Å². The number of amides is 1. The summed E-state index contributed by atoms with van der Waals surface area (Å²) in [6.07, 6.45) is 3.16. The maximum absolute atomic E-state index is 13.0. The zero-order valence-corrected chi connectivity index (χ0v) is 14.9. The zero-order valence-electron chi connectivity index (χ0n) is 14.9. The van der Waals surface area contributed by atoms with Gasteiger partial charge in [0.1, 0.15) is 0 Å². The van der Waals surface area contributed by atoms with E-state index in [-0.39, 0.29) is 6.09 Å². The van der Waals surface area contributed by atoms with Crippen LogP contribution in [0, 0.1) is 0 Å². The number of benzene rings is 3. The highest BCUT2D eigenvalue weighted by atomic mass is 16.6. The van der Waals surface area contributed by atoms with Crippen LogP contribution in [-0.4, -0.2) is 13.1 Å². The summed E-state index contributed by atoms with van der Waals surface area (Å²) in [4.78, 5) is 16.6. The van der Waals surface area contributed by atoms with E-state index in [2.05, 4.69) is 18.2 Å². The molecule has 0 saturated heterocycles. The van der Waals surface area contributed by atoms with Gasteiger partial charge < -0.3 is 9.64 Å². The fraction of sp³-hybridized carbons (Fsp3) is 0.0870. The van der Waals surface area contributed by atoms with Crippen LogP contribution in [0.2, 0.25) is 0 Å². The first kappa shape index (κ1) is 15.7. The minimum Gasteiger partial charge on any atom is -0.420 e. The second kappa shape index (κ2) is 6.02. The van der Waals surface area contributed by atoms with Crippen LogP contribution in [0.3, 0.4) is 0 Å².